The first kappa shape index (κ1) is 30.1. The number of hydrogen-bond acceptors (Lipinski definition) is 5. The summed E-state index contributed by atoms with van der Waals surface area (Å²) in [5.74, 6) is -1.06. The molecule has 0 saturated carbocycles. The summed E-state index contributed by atoms with van der Waals surface area (Å²) >= 11 is 0. The van der Waals surface area contributed by atoms with Gasteiger partial charge in [0.25, 0.3) is 0 Å². The average Bonchev–Trinajstić information content (AvgIpc) is 2.90. The molecule has 220 valence electrons. The van der Waals surface area contributed by atoms with Gasteiger partial charge >= 0.3 is 18.7 Å². The van der Waals surface area contributed by atoms with E-state index in [1.807, 2.05) is 0 Å². The van der Waals surface area contributed by atoms with Gasteiger partial charge in [-0.3, -0.25) is 0 Å². The van der Waals surface area contributed by atoms with E-state index in [9.17, 15) is 31.1 Å². The summed E-state index contributed by atoms with van der Waals surface area (Å²) in [7, 11) is 0. The van der Waals surface area contributed by atoms with Gasteiger partial charge in [0.1, 0.15) is 29.6 Å². The highest BCUT2D eigenvalue weighted by molar-refractivity contribution is 5.75. The van der Waals surface area contributed by atoms with Crippen molar-refractivity contribution < 1.29 is 55.2 Å². The monoisotopic (exact) mass is 592 g/mol. The zero-order chi connectivity index (χ0) is 30.5. The van der Waals surface area contributed by atoms with Crippen LogP contribution in [0.4, 0.5) is 26.3 Å². The maximum absolute atomic E-state index is 12.6. The summed E-state index contributed by atoms with van der Waals surface area (Å²) in [6.45, 7) is 1.28. The van der Waals surface area contributed by atoms with E-state index in [1.165, 1.54) is 48.5 Å². The molecule has 0 aromatic heterocycles. The van der Waals surface area contributed by atoms with Crippen LogP contribution in [0.1, 0.15) is 11.1 Å². The molecule has 0 aliphatic heterocycles. The molecule has 0 spiro atoms. The Labute approximate surface area is 235 Å². The number of ether oxygens (including phenoxy) is 4. The van der Waals surface area contributed by atoms with Crippen molar-refractivity contribution in [3.05, 3.63) is 96.1 Å². The van der Waals surface area contributed by atoms with Gasteiger partial charge in [-0.25, -0.2) is 4.79 Å². The highest BCUT2D eigenvalue weighted by Crippen LogP contribution is 2.33. The predicted octanol–water partition coefficient (Wildman–Crippen LogP) is 8.17. The maximum Gasteiger partial charge on any atom is 0.573 e. The molecule has 0 atom stereocenters. The van der Waals surface area contributed by atoms with E-state index < -0.39 is 36.8 Å². The molecular formula is C30H22F6O6. The first-order valence-electron chi connectivity index (χ1n) is 12.2. The number of halogens is 6. The standard InChI is InChI=1S/C30H22F6O6/c1-18-12-26(10-11-27(18)40-17-28(37)38)39-16-19-13-22(20-2-6-24(7-3-20)41-29(31,32)33)15-23(14-19)21-4-8-25(9-5-21)42-30(34,35)36/h2-15H,16-17H2,1H3,(H,37,38). The second kappa shape index (κ2) is 12.3. The molecule has 12 heteroatoms. The fourth-order valence-corrected chi connectivity index (χ4v) is 3.99. The van der Waals surface area contributed by atoms with E-state index in [1.54, 1.807) is 43.3 Å². The number of aliphatic carboxylic acids is 1. The SMILES string of the molecule is Cc1cc(OCc2cc(-c3ccc(OC(F)(F)F)cc3)cc(-c3ccc(OC(F)(F)F)cc3)c2)ccc1OCC(=O)O. The largest absolute Gasteiger partial charge is 0.573 e. The van der Waals surface area contributed by atoms with Crippen LogP contribution in [0.25, 0.3) is 22.3 Å². The van der Waals surface area contributed by atoms with Crippen LogP contribution in [0.2, 0.25) is 0 Å². The maximum atomic E-state index is 12.6. The fourth-order valence-electron chi connectivity index (χ4n) is 3.99. The molecule has 0 unspecified atom stereocenters. The van der Waals surface area contributed by atoms with Crippen LogP contribution >= 0.6 is 0 Å². The molecule has 4 aromatic carbocycles. The van der Waals surface area contributed by atoms with Gasteiger partial charge in [0, 0.05) is 0 Å². The second-order valence-electron chi connectivity index (χ2n) is 8.96. The topological polar surface area (TPSA) is 74.2 Å². The smallest absolute Gasteiger partial charge is 0.489 e. The quantitative estimate of drug-likeness (QED) is 0.187. The summed E-state index contributed by atoms with van der Waals surface area (Å²) in [5.41, 5.74) is 3.62. The molecule has 0 fully saturated rings. The molecule has 1 N–H and O–H groups in total. The summed E-state index contributed by atoms with van der Waals surface area (Å²) in [5, 5.41) is 8.80. The number of carboxylic acids is 1. The summed E-state index contributed by atoms with van der Waals surface area (Å²) in [4.78, 5) is 10.8. The van der Waals surface area contributed by atoms with Gasteiger partial charge in [0.05, 0.1) is 0 Å². The molecule has 0 aliphatic rings. The van der Waals surface area contributed by atoms with Gasteiger partial charge in [-0.1, -0.05) is 24.3 Å². The van der Waals surface area contributed by atoms with Gasteiger partial charge in [0.15, 0.2) is 6.61 Å². The second-order valence-corrected chi connectivity index (χ2v) is 8.96. The van der Waals surface area contributed by atoms with E-state index in [0.717, 1.165) is 0 Å². The lowest BCUT2D eigenvalue weighted by molar-refractivity contribution is -0.275. The zero-order valence-electron chi connectivity index (χ0n) is 21.8. The minimum atomic E-state index is -4.84. The van der Waals surface area contributed by atoms with E-state index in [0.29, 0.717) is 44.9 Å². The Morgan fingerprint density at radius 2 is 1.12 bits per heavy atom. The van der Waals surface area contributed by atoms with E-state index in [4.69, 9.17) is 14.6 Å². The van der Waals surface area contributed by atoms with Crippen molar-refractivity contribution in [2.75, 3.05) is 6.61 Å². The highest BCUT2D eigenvalue weighted by atomic mass is 19.4. The van der Waals surface area contributed by atoms with Gasteiger partial charge in [0.2, 0.25) is 0 Å². The molecule has 0 radical (unpaired) electrons. The fraction of sp³-hybridized carbons (Fsp3) is 0.167. The third-order valence-electron chi connectivity index (χ3n) is 5.74. The van der Waals surface area contributed by atoms with Gasteiger partial charge < -0.3 is 24.1 Å². The number of alkyl halides is 6. The van der Waals surface area contributed by atoms with Crippen LogP contribution in [0.3, 0.4) is 0 Å². The Balaban J connectivity index is 1.62. The first-order valence-corrected chi connectivity index (χ1v) is 12.2. The Hall–Kier alpha value is -4.87. The normalized spacial score (nSPS) is 11.6. The Kier molecular flexibility index (Phi) is 8.84. The van der Waals surface area contributed by atoms with E-state index in [-0.39, 0.29) is 6.61 Å². The lowest BCUT2D eigenvalue weighted by atomic mass is 9.96. The Morgan fingerprint density at radius 3 is 1.55 bits per heavy atom. The number of rotatable bonds is 10. The molecule has 0 bridgehead atoms. The van der Waals surface area contributed by atoms with Crippen LogP contribution in [0.15, 0.2) is 84.9 Å². The minimum Gasteiger partial charge on any atom is -0.489 e. The van der Waals surface area contributed by atoms with Crippen molar-refractivity contribution in [1.29, 1.82) is 0 Å². The minimum absolute atomic E-state index is 0.0557. The molecule has 0 heterocycles. The van der Waals surface area contributed by atoms with Gasteiger partial charge in [-0.05, 0) is 101 Å². The van der Waals surface area contributed by atoms with Crippen molar-refractivity contribution >= 4 is 5.97 Å². The molecule has 0 aliphatic carbocycles. The third-order valence-corrected chi connectivity index (χ3v) is 5.74. The number of aryl methyl sites for hydroxylation is 1. The third kappa shape index (κ3) is 8.82. The van der Waals surface area contributed by atoms with Gasteiger partial charge in [-0.15, -0.1) is 26.3 Å². The first-order chi connectivity index (χ1) is 19.7. The van der Waals surface area contributed by atoms with Crippen LogP contribution < -0.4 is 18.9 Å². The number of carbonyl (C=O) groups is 1. The molecular weight excluding hydrogens is 570 g/mol. The Morgan fingerprint density at radius 1 is 0.643 bits per heavy atom. The zero-order valence-corrected chi connectivity index (χ0v) is 21.8. The lowest BCUT2D eigenvalue weighted by Gasteiger charge is -2.14. The predicted molar refractivity (Wildman–Crippen MR) is 139 cm³/mol. The summed E-state index contributed by atoms with van der Waals surface area (Å²) < 4.78 is 94.5. The summed E-state index contributed by atoms with van der Waals surface area (Å²) in [6.07, 6.45) is -9.68. The van der Waals surface area contributed by atoms with E-state index >= 15 is 0 Å². The van der Waals surface area contributed by atoms with Crippen LogP contribution in [-0.4, -0.2) is 30.4 Å². The molecule has 4 rings (SSSR count). The van der Waals surface area contributed by atoms with Crippen molar-refractivity contribution in [3.63, 3.8) is 0 Å². The van der Waals surface area contributed by atoms with Crippen LogP contribution in [0.5, 0.6) is 23.0 Å². The molecule has 0 saturated heterocycles. The van der Waals surface area contributed by atoms with E-state index in [2.05, 4.69) is 9.47 Å². The number of benzene rings is 4. The van der Waals surface area contributed by atoms with Crippen LogP contribution in [0, 0.1) is 6.92 Å². The molecule has 4 aromatic rings. The van der Waals surface area contributed by atoms with Gasteiger partial charge in [-0.2, -0.15) is 0 Å². The average molecular weight is 592 g/mol. The van der Waals surface area contributed by atoms with Crippen molar-refractivity contribution in [2.24, 2.45) is 0 Å². The summed E-state index contributed by atoms with van der Waals surface area (Å²) in [6, 6.07) is 20.6. The molecule has 0 amide bonds. The molecule has 42 heavy (non-hydrogen) atoms. The van der Waals surface area contributed by atoms with Crippen molar-refractivity contribution in [3.8, 4) is 45.3 Å². The van der Waals surface area contributed by atoms with Crippen molar-refractivity contribution in [2.45, 2.75) is 26.3 Å². The lowest BCUT2D eigenvalue weighted by Crippen LogP contribution is -2.16. The van der Waals surface area contributed by atoms with Crippen molar-refractivity contribution in [1.82, 2.24) is 0 Å². The number of carboxylic acid groups (broad SMARTS) is 1. The van der Waals surface area contributed by atoms with Crippen LogP contribution in [-0.2, 0) is 11.4 Å². The number of hydrogen-bond donors (Lipinski definition) is 1. The Bertz CT molecular complexity index is 1450. The molecule has 6 nitrogen and oxygen atoms in total. The highest BCUT2D eigenvalue weighted by Gasteiger charge is 2.31.